The number of halogens is 1. The fourth-order valence-corrected chi connectivity index (χ4v) is 3.36. The lowest BCUT2D eigenvalue weighted by atomic mass is 10.0. The van der Waals surface area contributed by atoms with Crippen LogP contribution < -0.4 is 9.47 Å². The Balaban J connectivity index is 1.98. The smallest absolute Gasteiger partial charge is 0.278 e. The van der Waals surface area contributed by atoms with E-state index < -0.39 is 17.6 Å². The second kappa shape index (κ2) is 8.96. The molecule has 2 aromatic rings. The number of nitrogens with zero attached hydrogens (tertiary/aromatic N) is 2. The van der Waals surface area contributed by atoms with Crippen LogP contribution in [-0.2, 0) is 16.1 Å². The first-order valence-corrected chi connectivity index (χ1v) is 9.30. The molecule has 0 fully saturated rings. The van der Waals surface area contributed by atoms with Gasteiger partial charge in [0.25, 0.3) is 11.8 Å². The zero-order valence-corrected chi connectivity index (χ0v) is 17.0. The number of hydrogen-bond donors (Lipinski definition) is 1. The van der Waals surface area contributed by atoms with Crippen LogP contribution in [0.25, 0.3) is 5.57 Å². The van der Waals surface area contributed by atoms with Gasteiger partial charge in [0.2, 0.25) is 0 Å². The van der Waals surface area contributed by atoms with E-state index in [2.05, 4.69) is 0 Å². The Morgan fingerprint density at radius 1 is 1.00 bits per heavy atom. The molecule has 0 saturated carbocycles. The maximum absolute atomic E-state index is 13.4. The van der Waals surface area contributed by atoms with Gasteiger partial charge < -0.3 is 19.5 Å². The first-order chi connectivity index (χ1) is 14.4. The van der Waals surface area contributed by atoms with Crippen LogP contribution >= 0.6 is 0 Å². The van der Waals surface area contributed by atoms with E-state index in [0.717, 1.165) is 4.90 Å². The van der Waals surface area contributed by atoms with Crippen LogP contribution in [0.15, 0.2) is 48.2 Å². The molecule has 30 heavy (non-hydrogen) atoms. The third-order valence-electron chi connectivity index (χ3n) is 4.88. The Morgan fingerprint density at radius 3 is 2.27 bits per heavy atom. The number of rotatable bonds is 8. The molecule has 158 valence electrons. The molecule has 8 heteroatoms. The molecule has 3 rings (SSSR count). The van der Waals surface area contributed by atoms with E-state index in [0.29, 0.717) is 22.6 Å². The predicted molar refractivity (Wildman–Crippen MR) is 108 cm³/mol. The van der Waals surface area contributed by atoms with Crippen LogP contribution in [0.2, 0.25) is 0 Å². The van der Waals surface area contributed by atoms with Crippen LogP contribution in [0.4, 0.5) is 4.39 Å². The highest BCUT2D eigenvalue weighted by Gasteiger charge is 2.40. The summed E-state index contributed by atoms with van der Waals surface area (Å²) < 4.78 is 23.9. The van der Waals surface area contributed by atoms with Crippen molar-refractivity contribution in [3.8, 4) is 11.5 Å². The first-order valence-electron chi connectivity index (χ1n) is 9.30. The topological polar surface area (TPSA) is 79.3 Å². The monoisotopic (exact) mass is 414 g/mol. The summed E-state index contributed by atoms with van der Waals surface area (Å²) in [7, 11) is 4.65. The Hall–Kier alpha value is -3.39. The molecule has 1 aliphatic rings. The van der Waals surface area contributed by atoms with Gasteiger partial charge in [0.1, 0.15) is 11.5 Å². The molecule has 0 radical (unpaired) electrons. The molecule has 0 saturated heterocycles. The van der Waals surface area contributed by atoms with Gasteiger partial charge in [-0.15, -0.1) is 0 Å². The number of aliphatic hydroxyl groups is 1. The number of carbonyl (C=O) groups is 2. The van der Waals surface area contributed by atoms with Crippen molar-refractivity contribution in [2.24, 2.45) is 0 Å². The largest absolute Gasteiger partial charge is 0.493 e. The van der Waals surface area contributed by atoms with Crippen LogP contribution in [-0.4, -0.2) is 61.1 Å². The molecule has 1 aliphatic heterocycles. The molecular weight excluding hydrogens is 391 g/mol. The van der Waals surface area contributed by atoms with E-state index in [1.165, 1.54) is 43.4 Å². The summed E-state index contributed by atoms with van der Waals surface area (Å²) in [5, 5.41) is 9.30. The van der Waals surface area contributed by atoms with Crippen molar-refractivity contribution in [1.29, 1.82) is 0 Å². The van der Waals surface area contributed by atoms with E-state index in [-0.39, 0.29) is 31.0 Å². The standard InChI is InChI=1S/C22H23FN2O5/c1-24(10-11-26)20-19(15-5-7-16(23)8-6-15)21(27)25(22(20)28)13-14-4-9-17(29-2)18(12-14)30-3/h4-9,12,26H,10-11,13H2,1-3H3. The first kappa shape index (κ1) is 21.3. The Kier molecular flexibility index (Phi) is 6.37. The maximum atomic E-state index is 13.4. The minimum Gasteiger partial charge on any atom is -0.493 e. The van der Waals surface area contributed by atoms with Crippen LogP contribution in [0.1, 0.15) is 11.1 Å². The van der Waals surface area contributed by atoms with Crippen molar-refractivity contribution < 1.29 is 28.6 Å². The van der Waals surface area contributed by atoms with Crippen molar-refractivity contribution >= 4 is 17.4 Å². The third-order valence-corrected chi connectivity index (χ3v) is 4.88. The number of amides is 2. The van der Waals surface area contributed by atoms with Crippen molar-refractivity contribution in [3.05, 3.63) is 65.1 Å². The quantitative estimate of drug-likeness (QED) is 0.666. The maximum Gasteiger partial charge on any atom is 0.278 e. The number of likely N-dealkylation sites (N-methyl/N-ethyl adjacent to an activating group) is 1. The number of carbonyl (C=O) groups excluding carboxylic acids is 2. The molecule has 7 nitrogen and oxygen atoms in total. The van der Waals surface area contributed by atoms with Crippen molar-refractivity contribution in [2.75, 3.05) is 34.4 Å². The number of aliphatic hydroxyl groups excluding tert-OH is 1. The van der Waals surface area contributed by atoms with Crippen LogP contribution in [0, 0.1) is 5.82 Å². The molecule has 1 N–H and O–H groups in total. The number of ether oxygens (including phenoxy) is 2. The minimum atomic E-state index is -0.485. The van der Waals surface area contributed by atoms with Gasteiger partial charge >= 0.3 is 0 Å². The zero-order valence-electron chi connectivity index (χ0n) is 17.0. The highest BCUT2D eigenvalue weighted by Crippen LogP contribution is 2.33. The zero-order chi connectivity index (χ0) is 21.8. The van der Waals surface area contributed by atoms with Gasteiger partial charge in [-0.05, 0) is 35.4 Å². The second-order valence-corrected chi connectivity index (χ2v) is 6.76. The Morgan fingerprint density at radius 2 is 1.67 bits per heavy atom. The van der Waals surface area contributed by atoms with Crippen molar-refractivity contribution in [2.45, 2.75) is 6.54 Å². The van der Waals surface area contributed by atoms with E-state index in [1.54, 1.807) is 25.2 Å². The van der Waals surface area contributed by atoms with Gasteiger partial charge in [-0.2, -0.15) is 0 Å². The molecule has 0 unspecified atom stereocenters. The van der Waals surface area contributed by atoms with Gasteiger partial charge in [0.15, 0.2) is 11.5 Å². The molecule has 0 spiro atoms. The van der Waals surface area contributed by atoms with Crippen LogP contribution in [0.5, 0.6) is 11.5 Å². The van der Waals surface area contributed by atoms with E-state index in [9.17, 15) is 19.1 Å². The second-order valence-electron chi connectivity index (χ2n) is 6.76. The fourth-order valence-electron chi connectivity index (χ4n) is 3.36. The molecule has 2 aromatic carbocycles. The van der Waals surface area contributed by atoms with Gasteiger partial charge in [-0.3, -0.25) is 14.5 Å². The highest BCUT2D eigenvalue weighted by molar-refractivity contribution is 6.35. The Bertz CT molecular complexity index is 988. The molecule has 1 heterocycles. The van der Waals surface area contributed by atoms with Crippen molar-refractivity contribution in [3.63, 3.8) is 0 Å². The summed E-state index contributed by atoms with van der Waals surface area (Å²) in [5.74, 6) is -0.387. The van der Waals surface area contributed by atoms with E-state index in [1.807, 2.05) is 0 Å². The summed E-state index contributed by atoms with van der Waals surface area (Å²) in [6, 6.07) is 10.5. The number of benzene rings is 2. The normalized spacial score (nSPS) is 13.8. The van der Waals surface area contributed by atoms with Crippen LogP contribution in [0.3, 0.4) is 0 Å². The SMILES string of the molecule is COc1ccc(CN2C(=O)C(c3ccc(F)cc3)=C(N(C)CCO)C2=O)cc1OC. The lowest BCUT2D eigenvalue weighted by Crippen LogP contribution is -2.34. The third kappa shape index (κ3) is 3.99. The average Bonchev–Trinajstić information content (AvgIpc) is 2.99. The van der Waals surface area contributed by atoms with E-state index >= 15 is 0 Å². The predicted octanol–water partition coefficient (Wildman–Crippen LogP) is 2.05. The molecular formula is C22H23FN2O5. The molecule has 0 aromatic heterocycles. The number of hydrogen-bond acceptors (Lipinski definition) is 6. The molecule has 2 amide bonds. The number of methoxy groups -OCH3 is 2. The molecule has 0 aliphatic carbocycles. The van der Waals surface area contributed by atoms with Gasteiger partial charge in [-0.1, -0.05) is 18.2 Å². The lowest BCUT2D eigenvalue weighted by molar-refractivity contribution is -0.138. The molecule has 0 atom stereocenters. The Labute approximate surface area is 173 Å². The fraction of sp³-hybridized carbons (Fsp3) is 0.273. The summed E-state index contributed by atoms with van der Waals surface area (Å²) in [4.78, 5) is 29.0. The average molecular weight is 414 g/mol. The minimum absolute atomic E-state index is 0.0270. The summed E-state index contributed by atoms with van der Waals surface area (Å²) in [5.41, 5.74) is 1.46. The summed E-state index contributed by atoms with van der Waals surface area (Å²) in [6.07, 6.45) is 0. The van der Waals surface area contributed by atoms with Gasteiger partial charge in [-0.25, -0.2) is 4.39 Å². The summed E-state index contributed by atoms with van der Waals surface area (Å²) in [6.45, 7) is 0.0102. The van der Waals surface area contributed by atoms with E-state index in [4.69, 9.17) is 9.47 Å². The lowest BCUT2D eigenvalue weighted by Gasteiger charge is -2.20. The number of imide groups is 1. The molecule has 0 bridgehead atoms. The van der Waals surface area contributed by atoms with Crippen molar-refractivity contribution in [1.82, 2.24) is 9.80 Å². The summed E-state index contributed by atoms with van der Waals surface area (Å²) >= 11 is 0. The van der Waals surface area contributed by atoms with Gasteiger partial charge in [0, 0.05) is 13.6 Å². The van der Waals surface area contributed by atoms with Gasteiger partial charge in [0.05, 0.1) is 32.9 Å². The highest BCUT2D eigenvalue weighted by atomic mass is 19.1.